The third-order valence-corrected chi connectivity index (χ3v) is 8.21. The highest BCUT2D eigenvalue weighted by Gasteiger charge is 2.51. The minimum atomic E-state index is -0.443. The monoisotopic (exact) mass is 444 g/mol. The van der Waals surface area contributed by atoms with E-state index in [1.807, 2.05) is 12.1 Å². The van der Waals surface area contributed by atoms with Crippen LogP contribution in [0.15, 0.2) is 24.3 Å². The molecule has 6 heteroatoms. The van der Waals surface area contributed by atoms with Crippen LogP contribution in [0.2, 0.25) is 0 Å². The molecule has 0 radical (unpaired) electrons. The molecule has 1 N–H and O–H groups in total. The van der Waals surface area contributed by atoms with Crippen molar-refractivity contribution in [2.75, 3.05) is 64.6 Å². The van der Waals surface area contributed by atoms with Crippen molar-refractivity contribution in [1.29, 1.82) is 0 Å². The zero-order chi connectivity index (χ0) is 22.0. The van der Waals surface area contributed by atoms with E-state index in [0.717, 1.165) is 49.7 Å². The fourth-order valence-electron chi connectivity index (χ4n) is 7.08. The van der Waals surface area contributed by atoms with Crippen LogP contribution in [0.1, 0.15) is 38.5 Å². The van der Waals surface area contributed by atoms with Gasteiger partial charge in [-0.25, -0.2) is 0 Å². The van der Waals surface area contributed by atoms with E-state index in [1.165, 1.54) is 44.2 Å². The Kier molecular flexibility index (Phi) is 6.93. The van der Waals surface area contributed by atoms with Gasteiger partial charge in [0.25, 0.3) is 0 Å². The van der Waals surface area contributed by atoms with E-state index in [-0.39, 0.29) is 5.60 Å². The lowest BCUT2D eigenvalue weighted by Crippen LogP contribution is -2.52. The Labute approximate surface area is 192 Å². The number of ether oxygens (including phenoxy) is 3. The first kappa shape index (κ1) is 22.5. The van der Waals surface area contributed by atoms with Gasteiger partial charge in [-0.3, -0.25) is 4.90 Å². The Bertz CT molecular complexity index is 697. The van der Waals surface area contributed by atoms with E-state index in [2.05, 4.69) is 21.9 Å². The quantitative estimate of drug-likeness (QED) is 0.560. The lowest BCUT2D eigenvalue weighted by molar-refractivity contribution is -0.170. The average molecular weight is 445 g/mol. The molecule has 5 fully saturated rings. The van der Waals surface area contributed by atoms with Gasteiger partial charge in [-0.2, -0.15) is 0 Å². The molecule has 0 spiro atoms. The van der Waals surface area contributed by atoms with Crippen LogP contribution in [0.4, 0.5) is 5.69 Å². The maximum Gasteiger partial charge on any atom is 0.119 e. The summed E-state index contributed by atoms with van der Waals surface area (Å²) < 4.78 is 17.4. The summed E-state index contributed by atoms with van der Waals surface area (Å²) in [7, 11) is 1.69. The van der Waals surface area contributed by atoms with Gasteiger partial charge in [0.05, 0.1) is 38.6 Å². The summed E-state index contributed by atoms with van der Waals surface area (Å²) in [5.41, 5.74) is 1.38. The Morgan fingerprint density at radius 2 is 1.56 bits per heavy atom. The van der Waals surface area contributed by atoms with Crippen molar-refractivity contribution in [2.45, 2.75) is 50.2 Å². The third kappa shape index (κ3) is 5.24. The number of hydrogen-bond acceptors (Lipinski definition) is 6. The van der Waals surface area contributed by atoms with Crippen molar-refractivity contribution in [3.8, 4) is 5.75 Å². The number of piperazine rings is 1. The van der Waals surface area contributed by atoms with E-state index >= 15 is 0 Å². The largest absolute Gasteiger partial charge is 0.497 e. The number of rotatable bonds is 10. The first-order valence-electron chi connectivity index (χ1n) is 12.6. The number of anilines is 1. The third-order valence-electron chi connectivity index (χ3n) is 8.21. The minimum Gasteiger partial charge on any atom is -0.497 e. The second-order valence-electron chi connectivity index (χ2n) is 10.7. The molecule has 4 saturated carbocycles. The van der Waals surface area contributed by atoms with E-state index in [1.54, 1.807) is 7.11 Å². The van der Waals surface area contributed by atoms with Crippen molar-refractivity contribution in [2.24, 2.45) is 17.8 Å². The number of β-amino-alcohol motifs (C(OH)–C–C–N with tert-alkyl or cyclic N) is 1. The number of methoxy groups -OCH3 is 1. The van der Waals surface area contributed by atoms with Gasteiger partial charge in [0.2, 0.25) is 0 Å². The smallest absolute Gasteiger partial charge is 0.119 e. The topological polar surface area (TPSA) is 54.4 Å². The molecule has 6 nitrogen and oxygen atoms in total. The number of aliphatic hydroxyl groups excluding tert-OH is 1. The summed E-state index contributed by atoms with van der Waals surface area (Å²) in [6, 6.07) is 8.25. The Hall–Kier alpha value is -1.34. The van der Waals surface area contributed by atoms with Crippen LogP contribution in [0.5, 0.6) is 5.75 Å². The van der Waals surface area contributed by atoms with Crippen LogP contribution in [-0.2, 0) is 9.47 Å². The van der Waals surface area contributed by atoms with Gasteiger partial charge < -0.3 is 24.2 Å². The fourth-order valence-corrected chi connectivity index (χ4v) is 7.08. The molecular weight excluding hydrogens is 404 g/mol. The molecule has 4 aliphatic carbocycles. The molecular formula is C26H40N2O4. The summed E-state index contributed by atoms with van der Waals surface area (Å²) in [6.45, 7) is 6.17. The van der Waals surface area contributed by atoms with Gasteiger partial charge in [-0.1, -0.05) is 0 Å². The number of aliphatic hydroxyl groups is 1. The fraction of sp³-hybridized carbons (Fsp3) is 0.769. The van der Waals surface area contributed by atoms with Crippen LogP contribution in [0.25, 0.3) is 0 Å². The highest BCUT2D eigenvalue weighted by atomic mass is 16.5. The van der Waals surface area contributed by atoms with Gasteiger partial charge in [0, 0.05) is 38.4 Å². The zero-order valence-corrected chi connectivity index (χ0v) is 19.6. The summed E-state index contributed by atoms with van der Waals surface area (Å²) in [5.74, 6) is 3.62. The van der Waals surface area contributed by atoms with Crippen LogP contribution in [0, 0.1) is 17.8 Å². The van der Waals surface area contributed by atoms with Gasteiger partial charge in [-0.15, -0.1) is 0 Å². The lowest BCUT2D eigenvalue weighted by atomic mass is 9.54. The minimum absolute atomic E-state index is 0.153. The zero-order valence-electron chi connectivity index (χ0n) is 19.6. The Morgan fingerprint density at radius 1 is 0.938 bits per heavy atom. The molecule has 5 aliphatic rings. The first-order chi connectivity index (χ1) is 15.6. The van der Waals surface area contributed by atoms with E-state index in [0.29, 0.717) is 26.4 Å². The molecule has 0 amide bonds. The maximum atomic E-state index is 10.4. The predicted octanol–water partition coefficient (Wildman–Crippen LogP) is 3.18. The molecule has 4 bridgehead atoms. The highest BCUT2D eigenvalue weighted by Crippen LogP contribution is 2.57. The summed E-state index contributed by atoms with van der Waals surface area (Å²) in [4.78, 5) is 4.72. The molecule has 178 valence electrons. The molecule has 0 aromatic heterocycles. The molecule has 1 heterocycles. The van der Waals surface area contributed by atoms with Crippen LogP contribution in [0.3, 0.4) is 0 Å². The van der Waals surface area contributed by atoms with Crippen molar-refractivity contribution in [1.82, 2.24) is 4.90 Å². The first-order valence-corrected chi connectivity index (χ1v) is 12.6. The van der Waals surface area contributed by atoms with Crippen molar-refractivity contribution in [3.63, 3.8) is 0 Å². The average Bonchev–Trinajstić information content (AvgIpc) is 2.78. The second-order valence-corrected chi connectivity index (χ2v) is 10.7. The van der Waals surface area contributed by atoms with Crippen LogP contribution < -0.4 is 9.64 Å². The van der Waals surface area contributed by atoms with E-state index < -0.39 is 6.10 Å². The second kappa shape index (κ2) is 9.88. The van der Waals surface area contributed by atoms with E-state index in [4.69, 9.17) is 14.2 Å². The maximum absolute atomic E-state index is 10.4. The van der Waals surface area contributed by atoms with Crippen molar-refractivity contribution < 1.29 is 19.3 Å². The number of benzene rings is 1. The van der Waals surface area contributed by atoms with Gasteiger partial charge in [0.1, 0.15) is 5.75 Å². The SMILES string of the molecule is COc1ccc(N2CCN(C[C@@H](O)COCCOC34CC5CC(CC(C5)C3)C4)CC2)cc1. The van der Waals surface area contributed by atoms with Gasteiger partial charge in [0.15, 0.2) is 0 Å². The predicted molar refractivity (Wildman–Crippen MR) is 125 cm³/mol. The molecule has 1 aromatic rings. The highest BCUT2D eigenvalue weighted by molar-refractivity contribution is 5.49. The number of nitrogens with zero attached hydrogens (tertiary/aromatic N) is 2. The standard InChI is InChI=1S/C26H40N2O4/c1-30-25-4-2-23(3-5-25)28-8-6-27(7-9-28)18-24(29)19-31-10-11-32-26-15-20-12-21(16-26)14-22(13-20)17-26/h2-5,20-22,24,29H,6-19H2,1H3/t20?,21?,22?,24-,26?/m1/s1. The van der Waals surface area contributed by atoms with Gasteiger partial charge in [-0.05, 0) is 80.5 Å². The number of hydrogen-bond donors (Lipinski definition) is 1. The van der Waals surface area contributed by atoms with Crippen molar-refractivity contribution in [3.05, 3.63) is 24.3 Å². The molecule has 0 unspecified atom stereocenters. The molecule has 32 heavy (non-hydrogen) atoms. The Morgan fingerprint density at radius 3 is 2.16 bits per heavy atom. The lowest BCUT2D eigenvalue weighted by Gasteiger charge is -2.56. The van der Waals surface area contributed by atoms with Gasteiger partial charge >= 0.3 is 0 Å². The molecule has 1 aliphatic heterocycles. The Balaban J connectivity index is 0.960. The summed E-state index contributed by atoms with van der Waals surface area (Å²) >= 11 is 0. The molecule has 1 aromatic carbocycles. The summed E-state index contributed by atoms with van der Waals surface area (Å²) in [5, 5.41) is 10.4. The van der Waals surface area contributed by atoms with Crippen LogP contribution in [-0.4, -0.2) is 81.4 Å². The van der Waals surface area contributed by atoms with Crippen LogP contribution >= 0.6 is 0 Å². The summed E-state index contributed by atoms with van der Waals surface area (Å²) in [6.07, 6.45) is 7.69. The molecule has 1 atom stereocenters. The van der Waals surface area contributed by atoms with E-state index in [9.17, 15) is 5.11 Å². The molecule has 1 saturated heterocycles. The van der Waals surface area contributed by atoms with Crippen molar-refractivity contribution >= 4 is 5.69 Å². The normalized spacial score (nSPS) is 32.9. The molecule has 6 rings (SSSR count).